The molecule has 0 spiro atoms. The number of Topliss-reactive ketones (excluding diaryl/α,β-unsaturated/α-hetero) is 1. The number of carbonyl (C=O) groups excluding carboxylic acids is 2. The van der Waals surface area contributed by atoms with E-state index in [-0.39, 0.29) is 44.8 Å². The summed E-state index contributed by atoms with van der Waals surface area (Å²) in [7, 11) is 0. The molecule has 0 aliphatic heterocycles. The molecule has 1 unspecified atom stereocenters. The molecule has 6 nitrogen and oxygen atoms in total. The van der Waals surface area contributed by atoms with Crippen LogP contribution in [0.5, 0.6) is 0 Å². The second kappa shape index (κ2) is 10.6. The van der Waals surface area contributed by atoms with Gasteiger partial charge in [-0.25, -0.2) is 0 Å². The minimum atomic E-state index is -2.07. The molecule has 1 atom stereocenters. The summed E-state index contributed by atoms with van der Waals surface area (Å²) in [5, 5.41) is 11.5. The molecule has 0 heterocycles. The Balaban J connectivity index is 0. The number of hydrogen-bond donors (Lipinski definition) is 0. The van der Waals surface area contributed by atoms with E-state index >= 15 is 0 Å². The van der Waals surface area contributed by atoms with Gasteiger partial charge in [0.05, 0.1) is 24.3 Å². The molecule has 0 aliphatic rings. The number of hydrogen-bond acceptors (Lipinski definition) is 6. The van der Waals surface area contributed by atoms with E-state index in [4.69, 9.17) is 14.2 Å². The number of ether oxygens (including phenoxy) is 3. The summed E-state index contributed by atoms with van der Waals surface area (Å²) in [6.07, 6.45) is -2.42. The van der Waals surface area contributed by atoms with E-state index in [1.807, 2.05) is 0 Å². The maximum atomic E-state index is 12.6. The first-order chi connectivity index (χ1) is 9.56. The van der Waals surface area contributed by atoms with Gasteiger partial charge in [-0.15, -0.1) is 0 Å². The Kier molecular flexibility index (Phi) is 11.7. The minimum absolute atomic E-state index is 0. The van der Waals surface area contributed by atoms with Crippen molar-refractivity contribution in [1.29, 1.82) is 0 Å². The van der Waals surface area contributed by atoms with E-state index in [2.05, 4.69) is 0 Å². The Hall–Kier alpha value is -0.0969. The fourth-order valence-corrected chi connectivity index (χ4v) is 1.85. The van der Waals surface area contributed by atoms with Crippen LogP contribution in [-0.2, 0) is 50.0 Å². The fraction of sp³-hybridized carbons (Fsp3) is 0.867. The van der Waals surface area contributed by atoms with Crippen LogP contribution in [0.2, 0.25) is 0 Å². The van der Waals surface area contributed by atoms with E-state index < -0.39 is 29.7 Å². The van der Waals surface area contributed by atoms with Crippen LogP contribution >= 0.6 is 0 Å². The molecule has 0 aromatic carbocycles. The zero-order chi connectivity index (χ0) is 16.8. The van der Waals surface area contributed by atoms with Crippen molar-refractivity contribution in [2.45, 2.75) is 85.1 Å². The van der Waals surface area contributed by atoms with Crippen LogP contribution in [-0.4, -0.2) is 42.0 Å². The normalized spacial score (nSPS) is 14.3. The summed E-state index contributed by atoms with van der Waals surface area (Å²) in [6, 6.07) is 0. The van der Waals surface area contributed by atoms with E-state index in [1.54, 1.807) is 48.5 Å². The van der Waals surface area contributed by atoms with Crippen molar-refractivity contribution < 1.29 is 55.1 Å². The first-order valence-corrected chi connectivity index (χ1v) is 7.31. The summed E-state index contributed by atoms with van der Waals surface area (Å²) >= 11 is 0. The van der Waals surface area contributed by atoms with Gasteiger partial charge in [0, 0.05) is 26.2 Å². The second-order valence-corrected chi connectivity index (χ2v) is 5.70. The predicted octanol–water partition coefficient (Wildman–Crippen LogP) is 1.05. The van der Waals surface area contributed by atoms with Gasteiger partial charge in [-0.3, -0.25) is 4.79 Å². The smallest absolute Gasteiger partial charge is 0.226 e. The van der Waals surface area contributed by atoms with Crippen LogP contribution in [0.4, 0.5) is 0 Å². The fourth-order valence-electron chi connectivity index (χ4n) is 1.85. The van der Waals surface area contributed by atoms with E-state index in [9.17, 15) is 14.7 Å². The first kappa shape index (κ1) is 24.2. The number of aliphatic carboxylic acids is 1. The summed E-state index contributed by atoms with van der Waals surface area (Å²) < 4.78 is 16.2. The number of carboxylic acid groups (broad SMARTS) is 1. The molecular weight excluding hydrogens is 367 g/mol. The Morgan fingerprint density at radius 2 is 1.36 bits per heavy atom. The van der Waals surface area contributed by atoms with Crippen molar-refractivity contribution in [2.24, 2.45) is 0 Å². The van der Waals surface area contributed by atoms with Crippen molar-refractivity contribution in [3.8, 4) is 0 Å². The van der Waals surface area contributed by atoms with Crippen molar-refractivity contribution in [3.63, 3.8) is 0 Å². The molecule has 0 aromatic rings. The van der Waals surface area contributed by atoms with Crippen molar-refractivity contribution in [3.05, 3.63) is 0 Å². The standard InChI is InChI=1S/C15H28O6.Zr/c1-8-15(14(17)18,21-11(6)7)12(16)13(19-9(2)3)20-10(4)5;/h9-11,13H,8H2,1-7H3,(H,17,18);/p-1. The van der Waals surface area contributed by atoms with Gasteiger partial charge in [0.2, 0.25) is 12.1 Å². The molecule has 0 rings (SSSR count). The molecule has 128 valence electrons. The number of ketones is 1. The maximum absolute atomic E-state index is 12.6. The topological polar surface area (TPSA) is 84.9 Å². The van der Waals surface area contributed by atoms with E-state index in [0.717, 1.165) is 0 Å². The van der Waals surface area contributed by atoms with Crippen LogP contribution in [0.15, 0.2) is 0 Å². The quantitative estimate of drug-likeness (QED) is 0.407. The molecule has 0 aromatic heterocycles. The third-order valence-corrected chi connectivity index (χ3v) is 2.67. The summed E-state index contributed by atoms with van der Waals surface area (Å²) in [5.74, 6) is -2.35. The van der Waals surface area contributed by atoms with Crippen LogP contribution in [0.1, 0.15) is 54.9 Å². The SMILES string of the molecule is CCC(OC(C)C)(C(=O)[O-])C(=O)C(OC(C)C)OC(C)C.[Zr]. The monoisotopic (exact) mass is 393 g/mol. The van der Waals surface area contributed by atoms with Gasteiger partial charge in [-0.05, 0) is 48.0 Å². The van der Waals surface area contributed by atoms with Gasteiger partial charge >= 0.3 is 0 Å². The van der Waals surface area contributed by atoms with Gasteiger partial charge in [0.25, 0.3) is 0 Å². The predicted molar refractivity (Wildman–Crippen MR) is 75.5 cm³/mol. The Morgan fingerprint density at radius 1 is 0.955 bits per heavy atom. The minimum Gasteiger partial charge on any atom is -0.546 e. The Labute approximate surface area is 152 Å². The molecule has 22 heavy (non-hydrogen) atoms. The third-order valence-electron chi connectivity index (χ3n) is 2.67. The zero-order valence-electron chi connectivity index (χ0n) is 14.5. The first-order valence-electron chi connectivity index (χ1n) is 7.31. The zero-order valence-corrected chi connectivity index (χ0v) is 16.9. The number of carboxylic acids is 1. The molecule has 0 aliphatic carbocycles. The second-order valence-electron chi connectivity index (χ2n) is 5.70. The molecule has 0 saturated carbocycles. The molecule has 0 bridgehead atoms. The molecule has 0 radical (unpaired) electrons. The Morgan fingerprint density at radius 3 is 1.59 bits per heavy atom. The molecular formula is C15H27O6Zr-. The van der Waals surface area contributed by atoms with Gasteiger partial charge in [-0.1, -0.05) is 6.92 Å². The Bertz CT molecular complexity index is 346. The average molecular weight is 395 g/mol. The summed E-state index contributed by atoms with van der Waals surface area (Å²) in [4.78, 5) is 24.2. The van der Waals surface area contributed by atoms with Crippen LogP contribution in [0.3, 0.4) is 0 Å². The molecule has 0 N–H and O–H groups in total. The van der Waals surface area contributed by atoms with Crippen LogP contribution < -0.4 is 5.11 Å². The maximum Gasteiger partial charge on any atom is 0.226 e. The van der Waals surface area contributed by atoms with Gasteiger partial charge in [0.15, 0.2) is 5.60 Å². The number of carbonyl (C=O) groups is 2. The molecule has 0 saturated heterocycles. The van der Waals surface area contributed by atoms with Crippen LogP contribution in [0.25, 0.3) is 0 Å². The summed E-state index contributed by atoms with van der Waals surface area (Å²) in [5.41, 5.74) is -2.07. The van der Waals surface area contributed by atoms with E-state index in [0.29, 0.717) is 0 Å². The van der Waals surface area contributed by atoms with Gasteiger partial charge in [0.1, 0.15) is 0 Å². The van der Waals surface area contributed by atoms with E-state index in [1.165, 1.54) is 0 Å². The van der Waals surface area contributed by atoms with Crippen molar-refractivity contribution >= 4 is 11.8 Å². The number of rotatable bonds is 10. The third kappa shape index (κ3) is 6.99. The molecule has 0 amide bonds. The molecule has 7 heteroatoms. The van der Waals surface area contributed by atoms with Crippen molar-refractivity contribution in [2.75, 3.05) is 0 Å². The average Bonchev–Trinajstić information content (AvgIpc) is 2.32. The van der Waals surface area contributed by atoms with Crippen LogP contribution in [0, 0.1) is 0 Å². The van der Waals surface area contributed by atoms with Gasteiger partial charge in [-0.2, -0.15) is 0 Å². The van der Waals surface area contributed by atoms with Crippen molar-refractivity contribution in [1.82, 2.24) is 0 Å². The summed E-state index contributed by atoms with van der Waals surface area (Å²) in [6.45, 7) is 11.8. The molecule has 0 fully saturated rings. The largest absolute Gasteiger partial charge is 0.546 e. The van der Waals surface area contributed by atoms with Gasteiger partial charge < -0.3 is 24.1 Å².